The molecule has 3 N–H and O–H groups in total. The van der Waals surface area contributed by atoms with E-state index >= 15 is 0 Å². The number of anilines is 1. The molecule has 6 bridgehead atoms. The van der Waals surface area contributed by atoms with Crippen molar-refractivity contribution in [3.8, 4) is 11.3 Å². The van der Waals surface area contributed by atoms with Gasteiger partial charge in [-0.25, -0.2) is 5.43 Å². The Bertz CT molecular complexity index is 1970. The summed E-state index contributed by atoms with van der Waals surface area (Å²) in [4.78, 5) is 39.9. The van der Waals surface area contributed by atoms with E-state index in [0.29, 0.717) is 44.9 Å². The quantitative estimate of drug-likeness (QED) is 0.338. The van der Waals surface area contributed by atoms with Crippen LogP contribution in [-0.4, -0.2) is 120 Å². The summed E-state index contributed by atoms with van der Waals surface area (Å²) in [5, 5.41) is 2.75. The molecule has 12 nitrogen and oxygen atoms in total. The first kappa shape index (κ1) is 39.0. The zero-order valence-corrected chi connectivity index (χ0v) is 34.2. The van der Waals surface area contributed by atoms with Gasteiger partial charge in [-0.1, -0.05) is 32.4 Å². The molecule has 1 aromatic carbocycles. The van der Waals surface area contributed by atoms with Crippen LogP contribution < -0.4 is 16.1 Å². The number of piperidine rings is 1. The van der Waals surface area contributed by atoms with Gasteiger partial charge in [-0.15, -0.1) is 0 Å². The second-order valence-electron chi connectivity index (χ2n) is 17.6. The van der Waals surface area contributed by atoms with E-state index in [1.54, 1.807) is 12.1 Å². The lowest BCUT2D eigenvalue weighted by molar-refractivity contribution is -0.155. The van der Waals surface area contributed by atoms with Gasteiger partial charge in [-0.2, -0.15) is 0 Å². The maximum Gasteiger partial charge on any atom is 0.324 e. The molecule has 5 atom stereocenters. The minimum atomic E-state index is -0.704. The molecule has 5 aliphatic heterocycles. The number of carbonyl (C=O) groups is 2. The van der Waals surface area contributed by atoms with Crippen LogP contribution in [0.2, 0.25) is 0 Å². The number of hydrogen-bond acceptors (Lipinski definition) is 10. The van der Waals surface area contributed by atoms with Gasteiger partial charge in [-0.3, -0.25) is 29.4 Å². The number of nitrogens with one attached hydrogen (secondary N) is 1. The number of carbonyl (C=O) groups excluding carboxylic acids is 2. The predicted octanol–water partition coefficient (Wildman–Crippen LogP) is 5.14. The average Bonchev–Trinajstić information content (AvgIpc) is 3.52. The molecule has 12 heteroatoms. The van der Waals surface area contributed by atoms with Gasteiger partial charge in [0.25, 0.3) is 5.91 Å². The molecule has 2 aromatic heterocycles. The highest BCUT2D eigenvalue weighted by atomic mass is 16.5. The predicted molar refractivity (Wildman–Crippen MR) is 221 cm³/mol. The number of hydrazine groups is 1. The Labute approximate surface area is 332 Å². The average molecular weight is 767 g/mol. The molecule has 3 fully saturated rings. The molecule has 0 saturated carbocycles. The largest absolute Gasteiger partial charge is 0.464 e. The summed E-state index contributed by atoms with van der Waals surface area (Å²) in [6, 6.07) is 8.55. The summed E-state index contributed by atoms with van der Waals surface area (Å²) >= 11 is 0. The van der Waals surface area contributed by atoms with Gasteiger partial charge in [0.2, 0.25) is 0 Å². The Morgan fingerprint density at radius 1 is 1.05 bits per heavy atom. The number of esters is 1. The number of nitrogens with zero attached hydrogens (tertiary/aromatic N) is 6. The number of fused-ring (bicyclic) bond motifs is 7. The van der Waals surface area contributed by atoms with Crippen molar-refractivity contribution in [1.29, 1.82) is 0 Å². The van der Waals surface area contributed by atoms with Crippen LogP contribution in [-0.2, 0) is 32.0 Å². The van der Waals surface area contributed by atoms with Crippen LogP contribution in [0.5, 0.6) is 0 Å². The Morgan fingerprint density at radius 2 is 1.91 bits per heavy atom. The second-order valence-corrected chi connectivity index (χ2v) is 17.6. The molecule has 3 aromatic rings. The van der Waals surface area contributed by atoms with Crippen molar-refractivity contribution in [2.45, 2.75) is 103 Å². The zero-order valence-electron chi connectivity index (χ0n) is 34.2. The number of piperazine rings is 1. The third kappa shape index (κ3) is 7.75. The highest BCUT2D eigenvalue weighted by molar-refractivity contribution is 5.95. The van der Waals surface area contributed by atoms with Crippen molar-refractivity contribution in [3.63, 3.8) is 0 Å². The van der Waals surface area contributed by atoms with E-state index in [-0.39, 0.29) is 24.6 Å². The zero-order chi connectivity index (χ0) is 39.1. The minimum absolute atomic E-state index is 0.184. The number of ether oxygens (including phenoxy) is 2. The van der Waals surface area contributed by atoms with E-state index in [1.165, 1.54) is 53.4 Å². The van der Waals surface area contributed by atoms with Crippen LogP contribution in [0.1, 0.15) is 89.1 Å². The van der Waals surface area contributed by atoms with Gasteiger partial charge in [0.15, 0.2) is 0 Å². The summed E-state index contributed by atoms with van der Waals surface area (Å²) in [5.41, 5.74) is 18.5. The lowest BCUT2D eigenvalue weighted by Gasteiger charge is -2.45. The molecule has 7 heterocycles. The second kappa shape index (κ2) is 16.2. The molecule has 3 saturated heterocycles. The number of aryl methyl sites for hydroxylation is 1. The lowest BCUT2D eigenvalue weighted by Crippen LogP contribution is -2.60. The first-order valence-electron chi connectivity index (χ1n) is 21.1. The third-order valence-electron chi connectivity index (χ3n) is 13.0. The molecule has 0 radical (unpaired) electrons. The number of methoxy groups -OCH3 is 1. The SMILES string of the molecule is CCn1c(-c2cc(N3CCN4CCCC[C@@H]4C3)cnc2[C@H](C)OC)c2c3cc(ccc31)C1=CCCN(C1)C[C@H](N)C(=O)N1CCC[C@H](N1)C(=O)OCC(C)(C)C2. The van der Waals surface area contributed by atoms with Crippen LogP contribution in [0, 0.1) is 5.41 Å². The van der Waals surface area contributed by atoms with Gasteiger partial charge in [0, 0.05) is 87.4 Å². The molecule has 5 aliphatic rings. The van der Waals surface area contributed by atoms with Gasteiger partial charge >= 0.3 is 5.97 Å². The Balaban J connectivity index is 1.26. The first-order valence-corrected chi connectivity index (χ1v) is 21.1. The first-order chi connectivity index (χ1) is 27.0. The van der Waals surface area contributed by atoms with Gasteiger partial charge < -0.3 is 24.7 Å². The van der Waals surface area contributed by atoms with Crippen molar-refractivity contribution < 1.29 is 19.1 Å². The molecule has 8 rings (SSSR count). The third-order valence-corrected chi connectivity index (χ3v) is 13.0. The summed E-state index contributed by atoms with van der Waals surface area (Å²) in [6.45, 7) is 16.5. The number of benzene rings is 1. The van der Waals surface area contributed by atoms with Crippen LogP contribution in [0.3, 0.4) is 0 Å². The number of pyridine rings is 1. The van der Waals surface area contributed by atoms with Crippen molar-refractivity contribution in [3.05, 3.63) is 53.4 Å². The smallest absolute Gasteiger partial charge is 0.324 e. The molecular formula is C44H62N8O4. The number of aromatic nitrogens is 2. The van der Waals surface area contributed by atoms with Crippen LogP contribution >= 0.6 is 0 Å². The van der Waals surface area contributed by atoms with Crippen molar-refractivity contribution in [2.75, 3.05) is 71.0 Å². The molecule has 1 amide bonds. The molecule has 56 heavy (non-hydrogen) atoms. The van der Waals surface area contributed by atoms with E-state index in [2.05, 4.69) is 88.9 Å². The monoisotopic (exact) mass is 766 g/mol. The molecule has 1 unspecified atom stereocenters. The summed E-state index contributed by atoms with van der Waals surface area (Å²) < 4.78 is 14.6. The fourth-order valence-corrected chi connectivity index (χ4v) is 9.83. The number of hydrogen-bond donors (Lipinski definition) is 2. The van der Waals surface area contributed by atoms with Crippen LogP contribution in [0.15, 0.2) is 36.5 Å². The maximum absolute atomic E-state index is 13.6. The van der Waals surface area contributed by atoms with Crippen molar-refractivity contribution in [1.82, 2.24) is 29.8 Å². The van der Waals surface area contributed by atoms with Gasteiger partial charge in [-0.05, 0) is 93.8 Å². The fourth-order valence-electron chi connectivity index (χ4n) is 9.83. The van der Waals surface area contributed by atoms with Gasteiger partial charge in [0.1, 0.15) is 6.04 Å². The summed E-state index contributed by atoms with van der Waals surface area (Å²) in [7, 11) is 1.76. The number of rotatable bonds is 5. The highest BCUT2D eigenvalue weighted by Crippen LogP contribution is 2.43. The lowest BCUT2D eigenvalue weighted by atomic mass is 9.84. The standard InChI is InChI=1S/C44H62N8O4/c1-6-51-39-15-14-30-21-34(39)36(41(51)35-22-33(24-46-40(35)29(2)55-5)50-20-19-49-17-8-7-12-32(49)26-50)23-44(3,4)28-56-43(54)38-13-10-18-52(47-38)42(53)37(45)27-48-16-9-11-31(30)25-48/h11,14-15,21-22,24,29,32,37-38,47H,6-10,12-13,16-20,23,25-28,45H2,1-5H3/t29-,32+,37-,38-/m0/s1. The number of amides is 1. The van der Waals surface area contributed by atoms with Crippen molar-refractivity contribution >= 4 is 34.0 Å². The maximum atomic E-state index is 13.6. The molecule has 0 spiro atoms. The molecule has 302 valence electrons. The Hall–Kier alpha value is -3.81. The van der Waals surface area contributed by atoms with Crippen LogP contribution in [0.25, 0.3) is 27.7 Å². The van der Waals surface area contributed by atoms with E-state index in [0.717, 1.165) is 61.8 Å². The van der Waals surface area contributed by atoms with E-state index < -0.39 is 17.5 Å². The number of cyclic esters (lactones) is 1. The topological polar surface area (TPSA) is 121 Å². The van der Waals surface area contributed by atoms with Crippen molar-refractivity contribution in [2.24, 2.45) is 11.1 Å². The van der Waals surface area contributed by atoms with Crippen LogP contribution in [0.4, 0.5) is 5.69 Å². The van der Waals surface area contributed by atoms with Gasteiger partial charge in [0.05, 0.1) is 42.0 Å². The van der Waals surface area contributed by atoms with E-state index in [9.17, 15) is 9.59 Å². The fraction of sp³-hybridized carbons (Fsp3) is 0.614. The number of nitrogens with two attached hydrogens (primary N) is 1. The molecular weight excluding hydrogens is 705 g/mol. The normalized spacial score (nSPS) is 27.0. The summed E-state index contributed by atoms with van der Waals surface area (Å²) in [6.07, 6.45) is 10.9. The van der Waals surface area contributed by atoms with E-state index in [1.807, 2.05) is 0 Å². The molecule has 0 aliphatic carbocycles. The Morgan fingerprint density at radius 3 is 2.73 bits per heavy atom. The minimum Gasteiger partial charge on any atom is -0.464 e. The van der Waals surface area contributed by atoms with E-state index in [4.69, 9.17) is 20.2 Å². The summed E-state index contributed by atoms with van der Waals surface area (Å²) in [5.74, 6) is -0.516. The highest BCUT2D eigenvalue weighted by Gasteiger charge is 2.36. The Kier molecular flexibility index (Phi) is 11.3.